The van der Waals surface area contributed by atoms with Crippen LogP contribution in [0.4, 0.5) is 57.0 Å². The molecule has 0 amide bonds. The van der Waals surface area contributed by atoms with Crippen molar-refractivity contribution in [3.05, 3.63) is 71.7 Å². The van der Waals surface area contributed by atoms with E-state index in [4.69, 9.17) is 4.18 Å². The maximum atomic E-state index is 12.5. The molecule has 3 aromatic heterocycles. The molecule has 6 heterocycles. The van der Waals surface area contributed by atoms with Gasteiger partial charge >= 0.3 is 18.5 Å². The second kappa shape index (κ2) is 20.4. The fourth-order valence-corrected chi connectivity index (χ4v) is 6.48. The van der Waals surface area contributed by atoms with Gasteiger partial charge in [0, 0.05) is 62.7 Å². The molecular weight excluding hydrogens is 839 g/mol. The van der Waals surface area contributed by atoms with E-state index < -0.39 is 35.2 Å². The lowest BCUT2D eigenvalue weighted by molar-refractivity contribution is -0.168. The molecule has 10 nitrogen and oxygen atoms in total. The summed E-state index contributed by atoms with van der Waals surface area (Å²) in [5, 5.41) is 9.33. The Kier molecular flexibility index (Phi) is 16.5. The number of aliphatic hydroxyl groups is 1. The number of pyridine rings is 3. The van der Waals surface area contributed by atoms with E-state index >= 15 is 0 Å². The van der Waals surface area contributed by atoms with Crippen LogP contribution < -0.4 is 14.7 Å². The zero-order valence-corrected chi connectivity index (χ0v) is 31.9. The van der Waals surface area contributed by atoms with Gasteiger partial charge in [0.15, 0.2) is 12.3 Å². The molecule has 0 radical (unpaired) electrons. The number of piperidine rings is 3. The minimum absolute atomic E-state index is 0.0239. The van der Waals surface area contributed by atoms with Crippen LogP contribution in [0.25, 0.3) is 0 Å². The number of hydrogen-bond donors (Lipinski definition) is 1. The second-order valence-corrected chi connectivity index (χ2v) is 14.4. The molecule has 0 saturated carbocycles. The number of alkyl halides is 10. The number of rotatable bonds is 7. The molecule has 0 aromatic carbocycles. The Hall–Kier alpha value is -3.11. The Morgan fingerprint density at radius 3 is 1.25 bits per heavy atom. The van der Waals surface area contributed by atoms with Crippen molar-refractivity contribution in [2.75, 3.05) is 61.1 Å². The molecule has 0 unspecified atom stereocenters. The molecule has 0 bridgehead atoms. The third-order valence-corrected chi connectivity index (χ3v) is 10.3. The van der Waals surface area contributed by atoms with Crippen LogP contribution in [0, 0.1) is 0 Å². The van der Waals surface area contributed by atoms with Crippen LogP contribution >= 0.6 is 28.3 Å². The molecule has 0 aliphatic carbocycles. The summed E-state index contributed by atoms with van der Waals surface area (Å²) in [6.45, 7) is 4.23. The van der Waals surface area contributed by atoms with Crippen molar-refractivity contribution in [2.24, 2.45) is 0 Å². The summed E-state index contributed by atoms with van der Waals surface area (Å²) in [5.41, 5.74) is -2.17. The normalized spacial score (nSPS) is 18.0. The monoisotopic (exact) mass is 878 g/mol. The second-order valence-electron chi connectivity index (χ2n) is 12.7. The summed E-state index contributed by atoms with van der Waals surface area (Å²) in [6.07, 6.45) is -5.97. The Labute approximate surface area is 324 Å². The lowest BCUT2D eigenvalue weighted by Gasteiger charge is -2.31. The number of aromatic nitrogens is 3. The van der Waals surface area contributed by atoms with Gasteiger partial charge in [0.2, 0.25) is 0 Å². The van der Waals surface area contributed by atoms with Crippen LogP contribution in [0.3, 0.4) is 0 Å². The highest BCUT2D eigenvalue weighted by Gasteiger charge is 2.33. The first-order valence-electron chi connectivity index (χ1n) is 17.1. The number of aliphatic hydroxyl groups excluding tert-OH is 1. The third kappa shape index (κ3) is 14.4. The number of halogens is 10. The first-order valence-corrected chi connectivity index (χ1v) is 18.7. The van der Waals surface area contributed by atoms with Crippen LogP contribution in [-0.4, -0.2) is 83.5 Å². The van der Waals surface area contributed by atoms with Crippen molar-refractivity contribution in [3.8, 4) is 0 Å². The van der Waals surface area contributed by atoms with Gasteiger partial charge < -0.3 is 19.8 Å². The largest absolute Gasteiger partial charge is 0.417 e. The van der Waals surface area contributed by atoms with Crippen molar-refractivity contribution in [3.63, 3.8) is 0 Å². The van der Waals surface area contributed by atoms with Gasteiger partial charge in [0.1, 0.15) is 17.5 Å². The summed E-state index contributed by atoms with van der Waals surface area (Å²) in [5.74, 6) is 1.70. The van der Waals surface area contributed by atoms with Gasteiger partial charge in [0.05, 0.1) is 36.0 Å². The van der Waals surface area contributed by atoms with Gasteiger partial charge in [0.25, 0.3) is 0 Å². The summed E-state index contributed by atoms with van der Waals surface area (Å²) in [7, 11) is 1.38. The summed E-state index contributed by atoms with van der Waals surface area (Å²) in [6, 6.07) is 7.38. The molecule has 55 heavy (non-hydrogen) atoms. The number of anilines is 3. The summed E-state index contributed by atoms with van der Waals surface area (Å²) >= 11 is 4.31. The predicted octanol–water partition coefficient (Wildman–Crippen LogP) is 8.75. The van der Waals surface area contributed by atoms with E-state index in [0.29, 0.717) is 61.3 Å². The zero-order valence-electron chi connectivity index (χ0n) is 29.5. The fourth-order valence-electron chi connectivity index (χ4n) is 5.67. The van der Waals surface area contributed by atoms with E-state index in [9.17, 15) is 44.6 Å². The fraction of sp³-hybridized carbons (Fsp3) is 0.559. The average Bonchev–Trinajstić information content (AvgIpc) is 3.16. The van der Waals surface area contributed by atoms with Crippen molar-refractivity contribution in [2.45, 2.75) is 74.1 Å². The lowest BCUT2D eigenvalue weighted by Crippen LogP contribution is -2.36. The molecule has 306 valence electrons. The van der Waals surface area contributed by atoms with Crippen molar-refractivity contribution in [1.29, 1.82) is 0 Å². The van der Waals surface area contributed by atoms with Gasteiger partial charge in [-0.2, -0.15) is 39.5 Å². The van der Waals surface area contributed by atoms with Crippen LogP contribution in [-0.2, 0) is 31.9 Å². The zero-order chi connectivity index (χ0) is 40.2. The minimum Gasteiger partial charge on any atom is -0.393 e. The Morgan fingerprint density at radius 1 is 0.600 bits per heavy atom. The lowest BCUT2D eigenvalue weighted by atomic mass is 10.1. The van der Waals surface area contributed by atoms with Crippen LogP contribution in [0.2, 0.25) is 0 Å². The van der Waals surface area contributed by atoms with E-state index in [1.807, 2.05) is 14.7 Å². The predicted molar refractivity (Wildman–Crippen MR) is 191 cm³/mol. The highest BCUT2D eigenvalue weighted by atomic mass is 79.9. The van der Waals surface area contributed by atoms with Gasteiger partial charge in [-0.05, 0) is 74.9 Å². The summed E-state index contributed by atoms with van der Waals surface area (Å²) < 4.78 is 121. The first-order chi connectivity index (χ1) is 25.9. The maximum absolute atomic E-state index is 12.5. The van der Waals surface area contributed by atoms with Crippen molar-refractivity contribution in [1.82, 2.24) is 15.0 Å². The highest BCUT2D eigenvalue weighted by Crippen LogP contribution is 2.32. The molecule has 1 N–H and O–H groups in total. The third-order valence-electron chi connectivity index (χ3n) is 8.80. The quantitative estimate of drug-likeness (QED) is 0.0617. The van der Waals surface area contributed by atoms with E-state index in [-0.39, 0.29) is 12.2 Å². The minimum atomic E-state index is -4.36. The number of hydrogen-bond acceptors (Lipinski definition) is 11. The molecule has 3 fully saturated rings. The highest BCUT2D eigenvalue weighted by molar-refractivity contribution is 9.09. The first kappa shape index (κ1) is 44.6. The molecule has 0 atom stereocenters. The van der Waals surface area contributed by atoms with Gasteiger partial charge in [-0.3, -0.25) is 4.18 Å². The average molecular weight is 880 g/mol. The van der Waals surface area contributed by atoms with Crippen molar-refractivity contribution < 1.29 is 58.0 Å². The molecule has 21 heteroatoms. The van der Waals surface area contributed by atoms with Gasteiger partial charge in [-0.25, -0.2) is 19.8 Å². The molecule has 3 aromatic rings. The molecular formula is C34H40BrF9N6O4S. The standard InChI is InChI=1S/C12H15F3N2O3S.C11H12BrF3N2.C11H13F3N2O/c1-18-20-21-19-10-4-6-17(7-5-10)11-3-2-9(8-16-11)12(13,14)15;12-9-3-5-17(6-4-9)10-2-1-8(7-16-10)11(13,14)15;12-11(13,14)8-1-2-10(15-7-8)16-5-3-9(17)4-6-16/h2-3,8,10H,4-7H2,1H3;1-2,7,9H,3-6H2;1-2,7,9,17H,3-6H2. The smallest absolute Gasteiger partial charge is 0.393 e. The molecule has 3 saturated heterocycles. The Morgan fingerprint density at radius 2 is 0.945 bits per heavy atom. The Balaban J connectivity index is 0.000000185. The van der Waals surface area contributed by atoms with Crippen LogP contribution in [0.5, 0.6) is 0 Å². The molecule has 3 aliphatic heterocycles. The van der Waals surface area contributed by atoms with Gasteiger partial charge in [-0.1, -0.05) is 15.9 Å². The molecule has 6 rings (SSSR count). The van der Waals surface area contributed by atoms with Crippen LogP contribution in [0.1, 0.15) is 55.2 Å². The van der Waals surface area contributed by atoms with E-state index in [0.717, 1.165) is 87.9 Å². The van der Waals surface area contributed by atoms with E-state index in [1.54, 1.807) is 0 Å². The molecule has 3 aliphatic rings. The Bertz CT molecular complexity index is 1480. The van der Waals surface area contributed by atoms with Crippen LogP contribution in [0.15, 0.2) is 55.0 Å². The van der Waals surface area contributed by atoms with Crippen molar-refractivity contribution >= 4 is 45.7 Å². The summed E-state index contributed by atoms with van der Waals surface area (Å²) in [4.78, 5) is 22.3. The SMILES string of the molecule is COOSOC1CCN(c2ccc(C(F)(F)F)cn2)CC1.FC(F)(F)c1ccc(N2CCC(Br)CC2)nc1.OC1CCN(c2ccc(C(F)(F)F)cn2)CC1. The van der Waals surface area contributed by atoms with E-state index in [1.165, 1.54) is 25.3 Å². The molecule has 0 spiro atoms. The number of nitrogens with zero attached hydrogens (tertiary/aromatic N) is 6. The topological polar surface area (TPSA) is 96.3 Å². The van der Waals surface area contributed by atoms with Gasteiger partial charge in [-0.15, -0.1) is 4.33 Å². The maximum Gasteiger partial charge on any atom is 0.417 e. The van der Waals surface area contributed by atoms with E-state index in [2.05, 4.69) is 40.1 Å².